The fraction of sp³-hybridized carbons (Fsp3) is 0.444. The zero-order chi connectivity index (χ0) is 17.3. The molecule has 4 heterocycles. The predicted octanol–water partition coefficient (Wildman–Crippen LogP) is -0.415. The molecule has 2 amide bonds. The molecule has 7 nitrogen and oxygen atoms in total. The van der Waals surface area contributed by atoms with Gasteiger partial charge in [0, 0.05) is 12.8 Å². The predicted molar refractivity (Wildman–Crippen MR) is 85.6 cm³/mol. The number of aliphatic hydroxyl groups is 2. The molecule has 0 aromatic carbocycles. The molecular formula is C18H18N2O5. The monoisotopic (exact) mass is 342 g/mol. The number of hydrogen-bond acceptors (Lipinski definition) is 5. The van der Waals surface area contributed by atoms with Crippen LogP contribution in [0.3, 0.4) is 0 Å². The molecule has 0 bridgehead atoms. The maximum Gasteiger partial charge on any atom is 0.247 e. The van der Waals surface area contributed by atoms with Gasteiger partial charge in [0.1, 0.15) is 12.1 Å². The fourth-order valence-electron chi connectivity index (χ4n) is 4.78. The number of fused-ring (bicyclic) bond motifs is 6. The molecule has 5 rings (SSSR count). The van der Waals surface area contributed by atoms with Gasteiger partial charge < -0.3 is 24.7 Å². The zero-order valence-corrected chi connectivity index (χ0v) is 13.4. The number of piperazine rings is 1. The highest BCUT2D eigenvalue weighted by Gasteiger charge is 2.59. The lowest BCUT2D eigenvalue weighted by Crippen LogP contribution is -2.65. The Morgan fingerprint density at radius 1 is 0.920 bits per heavy atom. The molecule has 2 N–H and O–H groups in total. The van der Waals surface area contributed by atoms with Gasteiger partial charge in [0.2, 0.25) is 11.8 Å². The van der Waals surface area contributed by atoms with Crippen LogP contribution >= 0.6 is 0 Å². The average molecular weight is 342 g/mol. The van der Waals surface area contributed by atoms with Gasteiger partial charge in [-0.2, -0.15) is 0 Å². The molecule has 1 aliphatic carbocycles. The van der Waals surface area contributed by atoms with E-state index in [1.807, 2.05) is 6.08 Å². The van der Waals surface area contributed by atoms with Crippen molar-refractivity contribution in [3.63, 3.8) is 0 Å². The highest BCUT2D eigenvalue weighted by molar-refractivity contribution is 6.00. The third-order valence-electron chi connectivity index (χ3n) is 5.81. The topological polar surface area (TPSA) is 90.3 Å². The molecule has 0 saturated carbocycles. The summed E-state index contributed by atoms with van der Waals surface area (Å²) >= 11 is 0. The Bertz CT molecular complexity index is 782. The Hall–Kier alpha value is -2.38. The van der Waals surface area contributed by atoms with Gasteiger partial charge in [0.05, 0.1) is 36.8 Å². The molecule has 5 aliphatic rings. The second-order valence-corrected chi connectivity index (χ2v) is 7.09. The number of aliphatic hydroxyl groups excluding tert-OH is 2. The molecule has 7 heteroatoms. The van der Waals surface area contributed by atoms with Crippen molar-refractivity contribution < 1.29 is 24.5 Å². The standard InChI is InChI=1S/C18H18N2O5/c21-13-3-1-2-9-6-11-17(23)20-12(18(24)19(11)15(9)13)7-10-8-25-5-4-14(22)16(10)20/h1-5,8,11-16,21-22H,6-7H2/t11-,12-,13-,14-,15-,16-/m0/s1. The first-order valence-corrected chi connectivity index (χ1v) is 8.47. The fourth-order valence-corrected chi connectivity index (χ4v) is 4.78. The SMILES string of the molecule is O=C1[C@@H]2CC3=COC=C[C@H](O)[C@H]3N2C(=O)[C@@H]2CC3=CC=C[C@H](O)[C@H]3N12. The largest absolute Gasteiger partial charge is 0.473 e. The quantitative estimate of drug-likeness (QED) is 0.624. The molecule has 0 unspecified atom stereocenters. The van der Waals surface area contributed by atoms with Crippen LogP contribution in [-0.2, 0) is 14.3 Å². The number of allylic oxidation sites excluding steroid dienone is 2. The third kappa shape index (κ3) is 1.88. The molecular weight excluding hydrogens is 324 g/mol. The summed E-state index contributed by atoms with van der Waals surface area (Å²) in [7, 11) is 0. The zero-order valence-electron chi connectivity index (χ0n) is 13.4. The number of amides is 2. The smallest absolute Gasteiger partial charge is 0.247 e. The summed E-state index contributed by atoms with van der Waals surface area (Å²) in [6.45, 7) is 0. The summed E-state index contributed by atoms with van der Waals surface area (Å²) in [4.78, 5) is 29.4. The Morgan fingerprint density at radius 3 is 2.24 bits per heavy atom. The lowest BCUT2D eigenvalue weighted by molar-refractivity contribution is -0.163. The van der Waals surface area contributed by atoms with Crippen LogP contribution in [0.1, 0.15) is 12.8 Å². The molecule has 0 spiro atoms. The Kier molecular flexibility index (Phi) is 3.02. The van der Waals surface area contributed by atoms with Crippen molar-refractivity contribution in [3.05, 3.63) is 48.0 Å². The minimum atomic E-state index is -0.905. The van der Waals surface area contributed by atoms with Crippen LogP contribution in [0.4, 0.5) is 0 Å². The van der Waals surface area contributed by atoms with Crippen molar-refractivity contribution in [1.82, 2.24) is 9.80 Å². The van der Waals surface area contributed by atoms with E-state index in [1.165, 1.54) is 23.5 Å². The molecule has 0 aromatic rings. The van der Waals surface area contributed by atoms with E-state index in [0.29, 0.717) is 12.8 Å². The van der Waals surface area contributed by atoms with Gasteiger partial charge in [-0.05, 0) is 17.2 Å². The highest BCUT2D eigenvalue weighted by atomic mass is 16.5. The van der Waals surface area contributed by atoms with E-state index in [-0.39, 0.29) is 11.8 Å². The van der Waals surface area contributed by atoms with Crippen LogP contribution < -0.4 is 0 Å². The van der Waals surface area contributed by atoms with Gasteiger partial charge in [-0.1, -0.05) is 18.2 Å². The van der Waals surface area contributed by atoms with Crippen LogP contribution in [0.5, 0.6) is 0 Å². The van der Waals surface area contributed by atoms with E-state index >= 15 is 0 Å². The first-order chi connectivity index (χ1) is 12.1. The maximum absolute atomic E-state index is 13.2. The van der Waals surface area contributed by atoms with Crippen molar-refractivity contribution >= 4 is 11.8 Å². The van der Waals surface area contributed by atoms with Crippen molar-refractivity contribution in [2.24, 2.45) is 0 Å². The maximum atomic E-state index is 13.2. The van der Waals surface area contributed by atoms with Gasteiger partial charge in [-0.15, -0.1) is 0 Å². The number of rotatable bonds is 0. The summed E-state index contributed by atoms with van der Waals surface area (Å²) < 4.78 is 5.23. The lowest BCUT2D eigenvalue weighted by atomic mass is 9.96. The van der Waals surface area contributed by atoms with Gasteiger partial charge in [-0.25, -0.2) is 0 Å². The van der Waals surface area contributed by atoms with Crippen molar-refractivity contribution in [1.29, 1.82) is 0 Å². The Labute approximate surface area is 144 Å². The average Bonchev–Trinajstić information content (AvgIpc) is 3.12. The molecule has 130 valence electrons. The Balaban J connectivity index is 1.56. The minimum absolute atomic E-state index is 0.169. The van der Waals surface area contributed by atoms with Crippen LogP contribution in [0.2, 0.25) is 0 Å². The number of carbonyl (C=O) groups is 2. The van der Waals surface area contributed by atoms with E-state index in [0.717, 1.165) is 11.1 Å². The molecule has 25 heavy (non-hydrogen) atoms. The second-order valence-electron chi connectivity index (χ2n) is 7.09. The molecule has 6 atom stereocenters. The van der Waals surface area contributed by atoms with Gasteiger partial charge in [-0.3, -0.25) is 9.59 Å². The van der Waals surface area contributed by atoms with Crippen molar-refractivity contribution in [2.75, 3.05) is 0 Å². The first-order valence-electron chi connectivity index (χ1n) is 8.47. The van der Waals surface area contributed by atoms with E-state index in [2.05, 4.69) is 0 Å². The van der Waals surface area contributed by atoms with E-state index < -0.39 is 36.4 Å². The molecule has 0 aromatic heterocycles. The number of ether oxygens (including phenoxy) is 1. The second kappa shape index (κ2) is 5.06. The number of hydrogen-bond donors (Lipinski definition) is 2. The van der Waals surface area contributed by atoms with Crippen LogP contribution in [0, 0.1) is 0 Å². The normalized spacial score (nSPS) is 41.4. The molecule has 3 fully saturated rings. The van der Waals surface area contributed by atoms with Crippen molar-refractivity contribution in [3.8, 4) is 0 Å². The van der Waals surface area contributed by atoms with Crippen LogP contribution in [-0.4, -0.2) is 68.2 Å². The van der Waals surface area contributed by atoms with Gasteiger partial charge >= 0.3 is 0 Å². The summed E-state index contributed by atoms with van der Waals surface area (Å²) in [5.74, 6) is -0.340. The van der Waals surface area contributed by atoms with E-state index in [9.17, 15) is 19.8 Å². The lowest BCUT2D eigenvalue weighted by Gasteiger charge is -2.43. The summed E-state index contributed by atoms with van der Waals surface area (Å²) in [6, 6.07) is -2.30. The van der Waals surface area contributed by atoms with Crippen molar-refractivity contribution in [2.45, 2.75) is 49.2 Å². The number of nitrogens with zero attached hydrogens (tertiary/aromatic N) is 2. The van der Waals surface area contributed by atoms with Gasteiger partial charge in [0.15, 0.2) is 0 Å². The molecule has 3 saturated heterocycles. The Morgan fingerprint density at radius 2 is 1.52 bits per heavy atom. The van der Waals surface area contributed by atoms with Crippen LogP contribution in [0.25, 0.3) is 0 Å². The van der Waals surface area contributed by atoms with E-state index in [4.69, 9.17) is 4.74 Å². The number of carbonyl (C=O) groups excluding carboxylic acids is 2. The molecule has 0 radical (unpaired) electrons. The summed E-state index contributed by atoms with van der Waals surface area (Å²) in [5.41, 5.74) is 1.65. The van der Waals surface area contributed by atoms with Gasteiger partial charge in [0.25, 0.3) is 0 Å². The van der Waals surface area contributed by atoms with E-state index in [1.54, 1.807) is 17.1 Å². The minimum Gasteiger partial charge on any atom is -0.473 e. The first kappa shape index (κ1) is 14.9. The summed E-state index contributed by atoms with van der Waals surface area (Å²) in [6.07, 6.45) is 8.76. The highest BCUT2D eigenvalue weighted by Crippen LogP contribution is 2.44. The third-order valence-corrected chi connectivity index (χ3v) is 5.81. The van der Waals surface area contributed by atoms with Crippen LogP contribution in [0.15, 0.2) is 48.0 Å². The molecule has 4 aliphatic heterocycles. The summed E-state index contributed by atoms with van der Waals surface area (Å²) in [5, 5.41) is 20.7.